The molecule has 0 bridgehead atoms. The predicted octanol–water partition coefficient (Wildman–Crippen LogP) is 0.900. The fourth-order valence-electron chi connectivity index (χ4n) is 1.65. The number of rotatable bonds is 2. The van der Waals surface area contributed by atoms with Gasteiger partial charge in [0.2, 0.25) is 0 Å². The lowest BCUT2D eigenvalue weighted by molar-refractivity contribution is 0.122. The van der Waals surface area contributed by atoms with Crippen molar-refractivity contribution in [1.82, 2.24) is 0 Å². The summed E-state index contributed by atoms with van der Waals surface area (Å²) in [6.07, 6.45) is 0. The maximum Gasteiger partial charge on any atom is 0.147 e. The highest BCUT2D eigenvalue weighted by Gasteiger charge is 2.15. The molecule has 0 spiro atoms. The Labute approximate surface area is 95.3 Å². The van der Waals surface area contributed by atoms with Gasteiger partial charge in [-0.1, -0.05) is 0 Å². The summed E-state index contributed by atoms with van der Waals surface area (Å²) in [5.41, 5.74) is 0.428. The van der Waals surface area contributed by atoms with E-state index in [0.717, 1.165) is 6.07 Å². The number of halogens is 1. The number of anilines is 1. The first-order chi connectivity index (χ1) is 7.68. The van der Waals surface area contributed by atoms with Crippen molar-refractivity contribution < 1.29 is 17.9 Å². The van der Waals surface area contributed by atoms with Crippen LogP contribution in [-0.2, 0) is 15.8 Å². The molecule has 16 heavy (non-hydrogen) atoms. The lowest BCUT2D eigenvalue weighted by Gasteiger charge is -2.29. The summed E-state index contributed by atoms with van der Waals surface area (Å²) in [6.45, 7) is 2.37. The van der Waals surface area contributed by atoms with Crippen molar-refractivity contribution in [3.05, 3.63) is 24.0 Å². The van der Waals surface area contributed by atoms with Gasteiger partial charge in [-0.05, 0) is 29.3 Å². The second kappa shape index (κ2) is 4.90. The lowest BCUT2D eigenvalue weighted by Crippen LogP contribution is -2.36. The molecule has 1 aromatic rings. The molecular weight excluding hydrogens is 233 g/mol. The number of hydrogen-bond acceptors (Lipinski definition) is 4. The van der Waals surface area contributed by atoms with Crippen LogP contribution < -0.4 is 4.90 Å². The van der Waals surface area contributed by atoms with E-state index in [1.165, 1.54) is 12.1 Å². The van der Waals surface area contributed by atoms with Gasteiger partial charge >= 0.3 is 0 Å². The van der Waals surface area contributed by atoms with Gasteiger partial charge in [0.15, 0.2) is 0 Å². The zero-order valence-electron chi connectivity index (χ0n) is 8.52. The van der Waals surface area contributed by atoms with Crippen LogP contribution in [0.3, 0.4) is 0 Å². The lowest BCUT2D eigenvalue weighted by atomic mass is 10.2. The van der Waals surface area contributed by atoms with Crippen molar-refractivity contribution >= 4 is 16.8 Å². The molecule has 4 nitrogen and oxygen atoms in total. The summed E-state index contributed by atoms with van der Waals surface area (Å²) in [5, 5.41) is 0. The molecule has 0 aliphatic carbocycles. The smallest absolute Gasteiger partial charge is 0.147 e. The minimum Gasteiger partial charge on any atom is -0.768 e. The second-order valence-corrected chi connectivity index (χ2v) is 4.39. The molecule has 1 unspecified atom stereocenters. The Hall–Kier alpha value is -0.980. The summed E-state index contributed by atoms with van der Waals surface area (Å²) in [7, 11) is 0. The zero-order valence-corrected chi connectivity index (χ0v) is 9.34. The Morgan fingerprint density at radius 1 is 1.38 bits per heavy atom. The predicted molar refractivity (Wildman–Crippen MR) is 56.6 cm³/mol. The average Bonchev–Trinajstić information content (AvgIpc) is 2.30. The van der Waals surface area contributed by atoms with Gasteiger partial charge in [-0.25, -0.2) is 4.39 Å². The van der Waals surface area contributed by atoms with E-state index in [4.69, 9.17) is 4.74 Å². The van der Waals surface area contributed by atoms with Crippen molar-refractivity contribution in [3.8, 4) is 0 Å². The maximum atomic E-state index is 13.6. The molecule has 1 saturated heterocycles. The monoisotopic (exact) mass is 244 g/mol. The van der Waals surface area contributed by atoms with Crippen LogP contribution in [0.25, 0.3) is 0 Å². The summed E-state index contributed by atoms with van der Waals surface area (Å²) in [4.78, 5) is 1.81. The fraction of sp³-hybridized carbons (Fsp3) is 0.400. The number of ether oxygens (including phenoxy) is 1. The fourth-order valence-corrected chi connectivity index (χ4v) is 2.03. The molecule has 0 saturated carbocycles. The molecule has 0 amide bonds. The van der Waals surface area contributed by atoms with Gasteiger partial charge in [0.1, 0.15) is 5.82 Å². The Morgan fingerprint density at radius 3 is 2.62 bits per heavy atom. The third-order valence-corrected chi connectivity index (χ3v) is 3.10. The van der Waals surface area contributed by atoms with E-state index in [2.05, 4.69) is 0 Å². The van der Waals surface area contributed by atoms with Gasteiger partial charge in [0.25, 0.3) is 0 Å². The Bertz CT molecular complexity index is 407. The van der Waals surface area contributed by atoms with E-state index in [-0.39, 0.29) is 4.90 Å². The van der Waals surface area contributed by atoms with E-state index in [0.29, 0.717) is 32.0 Å². The van der Waals surface area contributed by atoms with Crippen molar-refractivity contribution in [2.24, 2.45) is 0 Å². The summed E-state index contributed by atoms with van der Waals surface area (Å²) in [6, 6.07) is 3.93. The number of morpholine rings is 1. The molecule has 6 heteroatoms. The molecule has 0 N–H and O–H groups in total. The van der Waals surface area contributed by atoms with Crippen LogP contribution in [0.15, 0.2) is 23.1 Å². The van der Waals surface area contributed by atoms with E-state index >= 15 is 0 Å². The topological polar surface area (TPSA) is 52.6 Å². The Morgan fingerprint density at radius 2 is 2.06 bits per heavy atom. The molecule has 1 heterocycles. The van der Waals surface area contributed by atoms with Gasteiger partial charge in [0.05, 0.1) is 18.9 Å². The normalized spacial score (nSPS) is 18.5. The van der Waals surface area contributed by atoms with Crippen LogP contribution in [-0.4, -0.2) is 35.1 Å². The molecule has 0 radical (unpaired) electrons. The Balaban J connectivity index is 2.24. The van der Waals surface area contributed by atoms with Crippen molar-refractivity contribution in [2.45, 2.75) is 4.90 Å². The van der Waals surface area contributed by atoms with Crippen LogP contribution in [0.2, 0.25) is 0 Å². The van der Waals surface area contributed by atoms with Crippen LogP contribution in [0, 0.1) is 5.82 Å². The molecule has 88 valence electrons. The third-order valence-electron chi connectivity index (χ3n) is 2.46. The maximum absolute atomic E-state index is 13.6. The summed E-state index contributed by atoms with van der Waals surface area (Å²) >= 11 is -2.39. The van der Waals surface area contributed by atoms with Gasteiger partial charge in [-0.15, -0.1) is 0 Å². The van der Waals surface area contributed by atoms with Crippen LogP contribution >= 0.6 is 0 Å². The van der Waals surface area contributed by atoms with Crippen LogP contribution in [0.5, 0.6) is 0 Å². The quantitative estimate of drug-likeness (QED) is 0.725. The average molecular weight is 244 g/mol. The number of hydrogen-bond donors (Lipinski definition) is 0. The molecule has 2 rings (SSSR count). The first-order valence-electron chi connectivity index (χ1n) is 4.90. The van der Waals surface area contributed by atoms with E-state index < -0.39 is 16.9 Å². The minimum atomic E-state index is -2.39. The first-order valence-corrected chi connectivity index (χ1v) is 5.97. The summed E-state index contributed by atoms with van der Waals surface area (Å²) in [5.74, 6) is -0.511. The van der Waals surface area contributed by atoms with Gasteiger partial charge in [-0.2, -0.15) is 0 Å². The molecule has 1 aromatic carbocycles. The van der Waals surface area contributed by atoms with Crippen molar-refractivity contribution in [3.63, 3.8) is 0 Å². The molecule has 1 aliphatic rings. The number of nitrogens with zero attached hydrogens (tertiary/aromatic N) is 1. The largest absolute Gasteiger partial charge is 0.768 e. The Kier molecular flexibility index (Phi) is 3.52. The van der Waals surface area contributed by atoms with Gasteiger partial charge in [0, 0.05) is 18.0 Å². The minimum absolute atomic E-state index is 0.0329. The van der Waals surface area contributed by atoms with Crippen molar-refractivity contribution in [2.75, 3.05) is 31.2 Å². The third kappa shape index (κ3) is 2.40. The highest BCUT2D eigenvalue weighted by atomic mass is 32.2. The molecule has 1 fully saturated rings. The van der Waals surface area contributed by atoms with E-state index in [9.17, 15) is 13.2 Å². The summed E-state index contributed by atoms with van der Waals surface area (Å²) < 4.78 is 40.1. The highest BCUT2D eigenvalue weighted by Crippen LogP contribution is 2.22. The molecule has 1 atom stereocenters. The SMILES string of the molecule is O=S([O-])c1ccc(N2CCOCC2)c(F)c1. The van der Waals surface area contributed by atoms with Crippen molar-refractivity contribution in [1.29, 1.82) is 0 Å². The second-order valence-electron chi connectivity index (χ2n) is 3.45. The zero-order chi connectivity index (χ0) is 11.5. The standard InChI is InChI=1S/C10H12FNO3S/c11-9-7-8(16(13)14)1-2-10(9)12-3-5-15-6-4-12/h1-2,7H,3-6H2,(H,13,14)/p-1. The molecule has 0 aromatic heterocycles. The molecular formula is C10H11FNO3S-. The number of benzene rings is 1. The van der Waals surface area contributed by atoms with E-state index in [1.54, 1.807) is 0 Å². The van der Waals surface area contributed by atoms with Crippen LogP contribution in [0.4, 0.5) is 10.1 Å². The van der Waals surface area contributed by atoms with E-state index in [1.807, 2.05) is 4.90 Å². The highest BCUT2D eigenvalue weighted by molar-refractivity contribution is 7.79. The van der Waals surface area contributed by atoms with Gasteiger partial charge in [-0.3, -0.25) is 4.21 Å². The molecule has 1 aliphatic heterocycles. The van der Waals surface area contributed by atoms with Crippen LogP contribution in [0.1, 0.15) is 0 Å². The first kappa shape index (κ1) is 11.5. The van der Waals surface area contributed by atoms with Gasteiger partial charge < -0.3 is 14.2 Å².